The number of nitrogens with one attached hydrogen (secondary N) is 2. The molecule has 2 atom stereocenters. The van der Waals surface area contributed by atoms with Crippen LogP contribution in [0.5, 0.6) is 0 Å². The number of carbonyl (C=O) groups is 3. The first-order chi connectivity index (χ1) is 15.3. The molecule has 0 aliphatic heterocycles. The Hall–Kier alpha value is -3.39. The number of hydrogen-bond acceptors (Lipinski definition) is 5. The third-order valence-corrected chi connectivity index (χ3v) is 5.51. The van der Waals surface area contributed by atoms with Crippen molar-refractivity contribution in [2.75, 3.05) is 20.3 Å². The summed E-state index contributed by atoms with van der Waals surface area (Å²) in [5.74, 6) is -2.22. The van der Waals surface area contributed by atoms with Gasteiger partial charge in [-0.15, -0.1) is 0 Å². The molecule has 32 heavy (non-hydrogen) atoms. The molecule has 0 spiro atoms. The Kier molecular flexibility index (Phi) is 7.48. The van der Waals surface area contributed by atoms with Gasteiger partial charge in [0.2, 0.25) is 5.91 Å². The highest BCUT2D eigenvalue weighted by Crippen LogP contribution is 2.44. The van der Waals surface area contributed by atoms with Crippen molar-refractivity contribution in [2.45, 2.75) is 31.8 Å². The Bertz CT molecular complexity index is 944. The van der Waals surface area contributed by atoms with E-state index in [4.69, 9.17) is 9.47 Å². The molecule has 0 heterocycles. The lowest BCUT2D eigenvalue weighted by molar-refractivity contribution is -0.143. The Morgan fingerprint density at radius 2 is 1.53 bits per heavy atom. The molecular weight excluding hydrogens is 412 g/mol. The number of carboxylic acid groups (broad SMARTS) is 1. The summed E-state index contributed by atoms with van der Waals surface area (Å²) in [4.78, 5) is 36.4. The van der Waals surface area contributed by atoms with Crippen LogP contribution in [0.4, 0.5) is 4.79 Å². The fourth-order valence-electron chi connectivity index (χ4n) is 3.90. The van der Waals surface area contributed by atoms with Crippen molar-refractivity contribution >= 4 is 18.0 Å². The Labute approximate surface area is 186 Å². The van der Waals surface area contributed by atoms with Crippen LogP contribution in [-0.4, -0.2) is 55.5 Å². The van der Waals surface area contributed by atoms with E-state index >= 15 is 0 Å². The van der Waals surface area contributed by atoms with Gasteiger partial charge in [0.15, 0.2) is 6.04 Å². The lowest BCUT2D eigenvalue weighted by Gasteiger charge is -2.24. The molecule has 8 nitrogen and oxygen atoms in total. The zero-order valence-electron chi connectivity index (χ0n) is 18.3. The molecule has 0 saturated carbocycles. The largest absolute Gasteiger partial charge is 0.480 e. The number of benzene rings is 2. The van der Waals surface area contributed by atoms with Crippen molar-refractivity contribution in [3.05, 3.63) is 59.7 Å². The lowest BCUT2D eigenvalue weighted by atomic mass is 9.98. The fourth-order valence-corrected chi connectivity index (χ4v) is 3.90. The minimum absolute atomic E-state index is 0.0995. The zero-order chi connectivity index (χ0) is 23.3. The Balaban J connectivity index is 1.65. The minimum atomic E-state index is -1.22. The molecule has 2 amide bonds. The molecule has 170 valence electrons. The summed E-state index contributed by atoms with van der Waals surface area (Å²) in [5, 5.41) is 14.2. The van der Waals surface area contributed by atoms with E-state index in [1.807, 2.05) is 48.5 Å². The molecule has 0 aromatic heterocycles. The van der Waals surface area contributed by atoms with Crippen LogP contribution in [0, 0.1) is 5.92 Å². The highest BCUT2D eigenvalue weighted by atomic mass is 16.5. The van der Waals surface area contributed by atoms with Crippen LogP contribution in [0.1, 0.15) is 30.9 Å². The van der Waals surface area contributed by atoms with Gasteiger partial charge in [0.1, 0.15) is 12.6 Å². The van der Waals surface area contributed by atoms with Gasteiger partial charge in [0, 0.05) is 13.0 Å². The van der Waals surface area contributed by atoms with Gasteiger partial charge in [0.25, 0.3) is 0 Å². The zero-order valence-corrected chi connectivity index (χ0v) is 18.3. The van der Waals surface area contributed by atoms with Crippen molar-refractivity contribution < 1.29 is 29.0 Å². The van der Waals surface area contributed by atoms with Crippen molar-refractivity contribution in [3.8, 4) is 11.1 Å². The van der Waals surface area contributed by atoms with E-state index in [-0.39, 0.29) is 25.0 Å². The molecule has 8 heteroatoms. The van der Waals surface area contributed by atoms with Crippen LogP contribution in [0.25, 0.3) is 11.1 Å². The van der Waals surface area contributed by atoms with E-state index in [1.54, 1.807) is 13.8 Å². The number of alkyl carbamates (subject to hydrolysis) is 1. The number of carbonyl (C=O) groups excluding carboxylic acids is 2. The van der Waals surface area contributed by atoms with E-state index in [2.05, 4.69) is 10.6 Å². The van der Waals surface area contributed by atoms with Gasteiger partial charge in [-0.2, -0.15) is 0 Å². The average Bonchev–Trinajstić information content (AvgIpc) is 3.09. The quantitative estimate of drug-likeness (QED) is 0.553. The first-order valence-corrected chi connectivity index (χ1v) is 10.5. The number of ether oxygens (including phenoxy) is 2. The Morgan fingerprint density at radius 3 is 2.03 bits per heavy atom. The average molecular weight is 440 g/mol. The summed E-state index contributed by atoms with van der Waals surface area (Å²) < 4.78 is 10.3. The summed E-state index contributed by atoms with van der Waals surface area (Å²) in [6.07, 6.45) is -0.737. The molecule has 2 aromatic carbocycles. The van der Waals surface area contributed by atoms with Crippen LogP contribution < -0.4 is 10.6 Å². The van der Waals surface area contributed by atoms with Crippen LogP contribution in [0.15, 0.2) is 48.5 Å². The molecule has 0 fully saturated rings. The highest BCUT2D eigenvalue weighted by Gasteiger charge is 2.31. The molecule has 3 N–H and O–H groups in total. The van der Waals surface area contributed by atoms with E-state index < -0.39 is 30.1 Å². The Morgan fingerprint density at radius 1 is 0.969 bits per heavy atom. The van der Waals surface area contributed by atoms with Gasteiger partial charge in [0.05, 0.1) is 6.61 Å². The van der Waals surface area contributed by atoms with Crippen molar-refractivity contribution in [2.24, 2.45) is 5.92 Å². The van der Waals surface area contributed by atoms with Crippen LogP contribution in [0.2, 0.25) is 0 Å². The summed E-state index contributed by atoms with van der Waals surface area (Å²) in [5.41, 5.74) is 4.41. The van der Waals surface area contributed by atoms with Gasteiger partial charge in [-0.25, -0.2) is 9.59 Å². The normalized spacial score (nSPS) is 14.2. The SMILES string of the molecule is COC[C@H](NC(=O)[C@H](NC(=O)OCC1c2ccccc2-c2ccccc21)C(C)C)C(=O)O. The third kappa shape index (κ3) is 5.08. The molecule has 0 radical (unpaired) electrons. The second kappa shape index (κ2) is 10.3. The minimum Gasteiger partial charge on any atom is -0.480 e. The molecule has 0 unspecified atom stereocenters. The topological polar surface area (TPSA) is 114 Å². The number of rotatable bonds is 9. The molecule has 1 aliphatic carbocycles. The summed E-state index contributed by atoms with van der Waals surface area (Å²) in [6.45, 7) is 3.44. The number of aliphatic carboxylic acids is 1. The lowest BCUT2D eigenvalue weighted by Crippen LogP contribution is -2.54. The maximum atomic E-state index is 12.6. The smallest absolute Gasteiger partial charge is 0.407 e. The number of methoxy groups -OCH3 is 1. The van der Waals surface area contributed by atoms with Gasteiger partial charge in [-0.05, 0) is 28.2 Å². The molecule has 2 aromatic rings. The second-order valence-corrected chi connectivity index (χ2v) is 8.05. The summed E-state index contributed by atoms with van der Waals surface area (Å²) in [7, 11) is 1.34. The molecule has 0 bridgehead atoms. The maximum absolute atomic E-state index is 12.6. The first kappa shape index (κ1) is 23.3. The van der Waals surface area contributed by atoms with Gasteiger partial charge in [-0.1, -0.05) is 62.4 Å². The van der Waals surface area contributed by atoms with Crippen molar-refractivity contribution in [1.29, 1.82) is 0 Å². The van der Waals surface area contributed by atoms with E-state index in [9.17, 15) is 19.5 Å². The second-order valence-electron chi connectivity index (χ2n) is 8.05. The van der Waals surface area contributed by atoms with Gasteiger partial charge < -0.3 is 25.2 Å². The maximum Gasteiger partial charge on any atom is 0.407 e. The molecule has 0 saturated heterocycles. The molecule has 3 rings (SSSR count). The number of hydrogen-bond donors (Lipinski definition) is 3. The highest BCUT2D eigenvalue weighted by molar-refractivity contribution is 5.89. The third-order valence-electron chi connectivity index (χ3n) is 5.51. The molecule has 1 aliphatic rings. The van der Waals surface area contributed by atoms with Crippen LogP contribution >= 0.6 is 0 Å². The monoisotopic (exact) mass is 440 g/mol. The van der Waals surface area contributed by atoms with Crippen LogP contribution in [-0.2, 0) is 19.1 Å². The summed E-state index contributed by atoms with van der Waals surface area (Å²) in [6, 6.07) is 13.8. The number of fused-ring (bicyclic) bond motifs is 3. The van der Waals surface area contributed by atoms with Gasteiger partial charge >= 0.3 is 12.1 Å². The predicted molar refractivity (Wildman–Crippen MR) is 118 cm³/mol. The van der Waals surface area contributed by atoms with Crippen LogP contribution in [0.3, 0.4) is 0 Å². The molecular formula is C24H28N2O6. The van der Waals surface area contributed by atoms with Crippen molar-refractivity contribution in [3.63, 3.8) is 0 Å². The van der Waals surface area contributed by atoms with E-state index in [1.165, 1.54) is 7.11 Å². The predicted octanol–water partition coefficient (Wildman–Crippen LogP) is 2.77. The standard InChI is InChI=1S/C24H28N2O6/c1-14(2)21(22(27)25-20(13-31-3)23(28)29)26-24(30)32-12-19-17-10-6-4-8-15(17)16-9-5-7-11-18(16)19/h4-11,14,19-21H,12-13H2,1-3H3,(H,25,27)(H,26,30)(H,28,29)/t20-,21+/m0/s1. The number of carboxylic acids is 1. The van der Waals surface area contributed by atoms with Gasteiger partial charge in [-0.3, -0.25) is 4.79 Å². The van der Waals surface area contributed by atoms with E-state index in [0.717, 1.165) is 22.3 Å². The fraction of sp³-hybridized carbons (Fsp3) is 0.375. The number of amides is 2. The van der Waals surface area contributed by atoms with E-state index in [0.29, 0.717) is 0 Å². The van der Waals surface area contributed by atoms with Crippen molar-refractivity contribution in [1.82, 2.24) is 10.6 Å². The first-order valence-electron chi connectivity index (χ1n) is 10.5. The summed E-state index contributed by atoms with van der Waals surface area (Å²) >= 11 is 0.